The summed E-state index contributed by atoms with van der Waals surface area (Å²) in [5.74, 6) is 2.04. The van der Waals surface area contributed by atoms with Crippen LogP contribution in [0.1, 0.15) is 36.2 Å². The predicted octanol–water partition coefficient (Wildman–Crippen LogP) is 1.32. The zero-order chi connectivity index (χ0) is 19.4. The fraction of sp³-hybridized carbons (Fsp3) is 0.737. The van der Waals surface area contributed by atoms with E-state index in [0.29, 0.717) is 29.7 Å². The van der Waals surface area contributed by atoms with Gasteiger partial charge in [-0.25, -0.2) is 4.98 Å². The molecule has 2 heterocycles. The minimum Gasteiger partial charge on any atom is -0.483 e. The summed E-state index contributed by atoms with van der Waals surface area (Å²) >= 11 is 0. The van der Waals surface area contributed by atoms with E-state index in [1.807, 2.05) is 4.90 Å². The number of hydrogen-bond donors (Lipinski definition) is 2. The Hall–Kier alpha value is -1.93. The van der Waals surface area contributed by atoms with Crippen LogP contribution in [0.4, 0.5) is 0 Å². The first kappa shape index (κ1) is 19.8. The third-order valence-electron chi connectivity index (χ3n) is 6.01. The van der Waals surface area contributed by atoms with Crippen LogP contribution in [0.3, 0.4) is 0 Å². The van der Waals surface area contributed by atoms with Gasteiger partial charge in [0.25, 0.3) is 12.4 Å². The average molecular weight is 378 g/mol. The van der Waals surface area contributed by atoms with Gasteiger partial charge in [0.2, 0.25) is 0 Å². The van der Waals surface area contributed by atoms with Crippen molar-refractivity contribution in [2.75, 3.05) is 33.8 Å². The molecule has 8 nitrogen and oxygen atoms in total. The highest BCUT2D eigenvalue weighted by Crippen LogP contribution is 2.40. The highest BCUT2D eigenvalue weighted by atomic mass is 16.5. The van der Waals surface area contributed by atoms with E-state index in [1.165, 1.54) is 12.8 Å². The second-order valence-electron chi connectivity index (χ2n) is 8.12. The van der Waals surface area contributed by atoms with Crippen LogP contribution in [-0.2, 0) is 9.53 Å². The van der Waals surface area contributed by atoms with Crippen LogP contribution in [0, 0.1) is 17.8 Å². The van der Waals surface area contributed by atoms with Gasteiger partial charge in [-0.15, -0.1) is 0 Å². The van der Waals surface area contributed by atoms with Gasteiger partial charge in [-0.1, -0.05) is 0 Å². The second-order valence-corrected chi connectivity index (χ2v) is 8.12. The summed E-state index contributed by atoms with van der Waals surface area (Å²) < 4.78 is 6.30. The standard InChI is InChI=1S/C18H28N4O2.CH2O2/c1-21(2)16-5-13-8-22(18(23)15-7-19-11-20-15)9-14(13)6-17(16)24-10-12-3-4-12;2-1-3/h7,11-14,16-17H,3-6,8-10H2,1-2H3,(H,19,20);1H,(H,2,3)/t13-,14+,16-,17-;/m1./s1. The fourth-order valence-electron chi connectivity index (χ4n) is 4.37. The molecule has 0 unspecified atom stereocenters. The molecule has 0 bridgehead atoms. The number of H-pyrrole nitrogens is 1. The quantitative estimate of drug-likeness (QED) is 0.750. The maximum atomic E-state index is 12.6. The maximum absolute atomic E-state index is 12.6. The van der Waals surface area contributed by atoms with Crippen LogP contribution in [0.5, 0.6) is 0 Å². The first-order chi connectivity index (χ1) is 13.0. The Kier molecular flexibility index (Phi) is 6.49. The number of likely N-dealkylation sites (tertiary alicyclic amines) is 1. The Bertz CT molecular complexity index is 617. The Morgan fingerprint density at radius 2 is 2.04 bits per heavy atom. The molecule has 1 amide bonds. The lowest BCUT2D eigenvalue weighted by molar-refractivity contribution is -0.122. The van der Waals surface area contributed by atoms with Crippen molar-refractivity contribution in [2.45, 2.75) is 37.8 Å². The molecule has 1 aromatic heterocycles. The molecular weight excluding hydrogens is 348 g/mol. The van der Waals surface area contributed by atoms with Gasteiger partial charge in [-0.05, 0) is 57.5 Å². The number of aromatic nitrogens is 2. The first-order valence-corrected chi connectivity index (χ1v) is 9.67. The van der Waals surface area contributed by atoms with Gasteiger partial charge >= 0.3 is 0 Å². The summed E-state index contributed by atoms with van der Waals surface area (Å²) in [5, 5.41) is 6.89. The normalized spacial score (nSPS) is 29.8. The van der Waals surface area contributed by atoms with Gasteiger partial charge in [0.1, 0.15) is 5.69 Å². The van der Waals surface area contributed by atoms with Crippen molar-refractivity contribution >= 4 is 12.4 Å². The van der Waals surface area contributed by atoms with Gasteiger partial charge in [0, 0.05) is 25.7 Å². The number of carboxylic acid groups (broad SMARTS) is 1. The zero-order valence-corrected chi connectivity index (χ0v) is 16.1. The van der Waals surface area contributed by atoms with E-state index in [0.717, 1.165) is 38.5 Å². The number of fused-ring (bicyclic) bond motifs is 1. The molecule has 2 aliphatic carbocycles. The van der Waals surface area contributed by atoms with E-state index >= 15 is 0 Å². The topological polar surface area (TPSA) is 98.8 Å². The molecule has 0 aromatic carbocycles. The van der Waals surface area contributed by atoms with E-state index in [4.69, 9.17) is 14.6 Å². The molecule has 4 atom stereocenters. The number of ether oxygens (including phenoxy) is 1. The predicted molar refractivity (Wildman–Crippen MR) is 99.3 cm³/mol. The zero-order valence-electron chi connectivity index (χ0n) is 16.1. The first-order valence-electron chi connectivity index (χ1n) is 9.67. The van der Waals surface area contributed by atoms with Crippen LogP contribution in [0.2, 0.25) is 0 Å². The molecule has 3 aliphatic rings. The summed E-state index contributed by atoms with van der Waals surface area (Å²) in [6.07, 6.45) is 8.36. The van der Waals surface area contributed by atoms with Crippen molar-refractivity contribution in [3.05, 3.63) is 18.2 Å². The highest BCUT2D eigenvalue weighted by Gasteiger charge is 2.45. The molecule has 150 valence electrons. The van der Waals surface area contributed by atoms with Crippen molar-refractivity contribution in [2.24, 2.45) is 17.8 Å². The summed E-state index contributed by atoms with van der Waals surface area (Å²) in [4.78, 5) is 32.2. The molecule has 2 N–H and O–H groups in total. The molecule has 2 saturated carbocycles. The number of carbonyl (C=O) groups excluding carboxylic acids is 1. The van der Waals surface area contributed by atoms with E-state index in [2.05, 4.69) is 29.0 Å². The molecule has 4 rings (SSSR count). The van der Waals surface area contributed by atoms with Gasteiger partial charge < -0.3 is 24.6 Å². The number of amides is 1. The molecule has 0 radical (unpaired) electrons. The van der Waals surface area contributed by atoms with Crippen LogP contribution < -0.4 is 0 Å². The van der Waals surface area contributed by atoms with Crippen molar-refractivity contribution < 1.29 is 19.4 Å². The van der Waals surface area contributed by atoms with Crippen LogP contribution in [0.15, 0.2) is 12.5 Å². The Balaban J connectivity index is 0.000000659. The minimum atomic E-state index is -0.250. The van der Waals surface area contributed by atoms with Crippen molar-refractivity contribution in [3.63, 3.8) is 0 Å². The average Bonchev–Trinajstić information content (AvgIpc) is 3.15. The molecule has 1 aliphatic heterocycles. The third-order valence-corrected chi connectivity index (χ3v) is 6.01. The minimum absolute atomic E-state index is 0.0822. The van der Waals surface area contributed by atoms with E-state index in [1.54, 1.807) is 12.5 Å². The molecule has 1 saturated heterocycles. The molecule has 8 heteroatoms. The smallest absolute Gasteiger partial charge is 0.290 e. The number of rotatable bonds is 5. The summed E-state index contributed by atoms with van der Waals surface area (Å²) in [7, 11) is 4.31. The van der Waals surface area contributed by atoms with Gasteiger partial charge in [-0.2, -0.15) is 0 Å². The number of nitrogens with zero attached hydrogens (tertiary/aromatic N) is 3. The van der Waals surface area contributed by atoms with Crippen molar-refractivity contribution in [1.29, 1.82) is 0 Å². The number of likely N-dealkylation sites (N-methyl/N-ethyl adjacent to an activating group) is 1. The lowest BCUT2D eigenvalue weighted by Crippen LogP contribution is -2.48. The SMILES string of the molecule is CN(C)[C@@H]1C[C@@H]2CN(C(=O)c3cnc[nH]3)C[C@@H]2C[C@H]1OCC1CC1.O=CO. The molecule has 27 heavy (non-hydrogen) atoms. The Labute approximate surface area is 159 Å². The number of aromatic amines is 1. The van der Waals surface area contributed by atoms with Crippen molar-refractivity contribution in [3.8, 4) is 0 Å². The molecule has 3 fully saturated rings. The number of imidazole rings is 1. The summed E-state index contributed by atoms with van der Waals surface area (Å²) in [6, 6.07) is 0.465. The Morgan fingerprint density at radius 3 is 2.59 bits per heavy atom. The lowest BCUT2D eigenvalue weighted by Gasteiger charge is -2.41. The molecule has 0 spiro atoms. The molecule has 1 aromatic rings. The van der Waals surface area contributed by atoms with Crippen LogP contribution in [-0.4, -0.2) is 83.2 Å². The largest absolute Gasteiger partial charge is 0.483 e. The van der Waals surface area contributed by atoms with Crippen molar-refractivity contribution in [1.82, 2.24) is 19.8 Å². The van der Waals surface area contributed by atoms with E-state index < -0.39 is 0 Å². The summed E-state index contributed by atoms with van der Waals surface area (Å²) in [5.41, 5.74) is 0.597. The van der Waals surface area contributed by atoms with Gasteiger partial charge in [-0.3, -0.25) is 9.59 Å². The van der Waals surface area contributed by atoms with E-state index in [9.17, 15) is 4.79 Å². The number of carbonyl (C=O) groups is 2. The second kappa shape index (κ2) is 8.84. The number of hydrogen-bond acceptors (Lipinski definition) is 5. The maximum Gasteiger partial charge on any atom is 0.290 e. The van der Waals surface area contributed by atoms with E-state index in [-0.39, 0.29) is 12.4 Å². The van der Waals surface area contributed by atoms with Gasteiger partial charge in [0.15, 0.2) is 0 Å². The lowest BCUT2D eigenvalue weighted by atomic mass is 9.77. The highest BCUT2D eigenvalue weighted by molar-refractivity contribution is 5.92. The number of nitrogens with one attached hydrogen (secondary N) is 1. The fourth-order valence-corrected chi connectivity index (χ4v) is 4.37. The Morgan fingerprint density at radius 1 is 1.37 bits per heavy atom. The summed E-state index contributed by atoms with van der Waals surface area (Å²) in [6.45, 7) is 2.39. The van der Waals surface area contributed by atoms with Crippen LogP contribution >= 0.6 is 0 Å². The third kappa shape index (κ3) is 4.87. The van der Waals surface area contributed by atoms with Crippen LogP contribution in [0.25, 0.3) is 0 Å². The molecular formula is C19H30N4O4. The van der Waals surface area contributed by atoms with Gasteiger partial charge in [0.05, 0.1) is 18.6 Å². The monoisotopic (exact) mass is 378 g/mol.